The molecule has 0 aliphatic rings. The van der Waals surface area contributed by atoms with E-state index in [2.05, 4.69) is 209 Å². The Hall–Kier alpha value is -8.16. The van der Waals surface area contributed by atoms with Gasteiger partial charge >= 0.3 is 5.97 Å². The summed E-state index contributed by atoms with van der Waals surface area (Å²) in [6.07, 6.45) is 15.9. The molecule has 0 amide bonds. The lowest BCUT2D eigenvalue weighted by Crippen LogP contribution is -2.09. The number of aryl methyl sites for hydroxylation is 3. The van der Waals surface area contributed by atoms with E-state index in [0.717, 1.165) is 76.6 Å². The van der Waals surface area contributed by atoms with E-state index in [1.54, 1.807) is 22.7 Å². The van der Waals surface area contributed by atoms with E-state index < -0.39 is 5.97 Å². The highest BCUT2D eigenvalue weighted by Gasteiger charge is 2.21. The first-order chi connectivity index (χ1) is 39.8. The zero-order valence-corrected chi connectivity index (χ0v) is 48.4. The Morgan fingerprint density at radius 1 is 0.457 bits per heavy atom. The lowest BCUT2D eigenvalue weighted by Gasteiger charge is -2.26. The molecule has 0 saturated carbocycles. The van der Waals surface area contributed by atoms with Crippen molar-refractivity contribution in [1.82, 2.24) is 13.7 Å². The maximum absolute atomic E-state index is 11.8. The third-order valence-electron chi connectivity index (χ3n) is 16.4. The number of nitrogens with zero attached hydrogens (tertiary/aromatic N) is 5. The number of anilines is 3. The first-order valence-corrected chi connectivity index (χ1v) is 31.0. The fraction of sp³-hybridized carbons (Fsp3) is 0.250. The van der Waals surface area contributed by atoms with Crippen molar-refractivity contribution in [1.29, 1.82) is 5.26 Å². The Morgan fingerprint density at radius 3 is 1.32 bits per heavy atom. The Bertz CT molecular complexity index is 4120. The van der Waals surface area contributed by atoms with Crippen molar-refractivity contribution >= 4 is 116 Å². The Morgan fingerprint density at radius 2 is 0.864 bits per heavy atom. The number of benzene rings is 7. The molecular weight excluding hydrogens is 1030 g/mol. The van der Waals surface area contributed by atoms with Crippen LogP contribution in [0.5, 0.6) is 0 Å². The number of hydrogen-bond acceptors (Lipinski definition) is 5. The fourth-order valence-electron chi connectivity index (χ4n) is 12.2. The van der Waals surface area contributed by atoms with Gasteiger partial charge in [-0.15, -0.1) is 22.7 Å². The van der Waals surface area contributed by atoms with Gasteiger partial charge in [0.25, 0.3) is 0 Å². The standard InChI is InChI=1S/C72H69N5O2S2/c1-4-7-10-17-40-74-63-22-15-13-20-59(63)61-44-52(30-38-65(61)74)49-24-32-55(33-25-49)77(56-34-26-50(27-35-56)53-31-39-66-62(45-53)60-21-14-16-23-64(60)75(66)41-18-11-8-5-2)57-36-28-51(29-37-57)69-47-68-71(81-69)70-67(76(68)42-19-12-9-6-3)46-58(80-70)43-54(48-73)72(78)79/h13-16,20-39,43-47H,4-12,17-19,40-42H2,1-3H3,(H,78,79)/b54-43-. The Kier molecular flexibility index (Phi) is 15.8. The predicted octanol–water partition coefficient (Wildman–Crippen LogP) is 21.3. The molecule has 12 aromatic rings. The van der Waals surface area contributed by atoms with Crippen LogP contribution in [0.3, 0.4) is 0 Å². The number of hydrogen-bond donors (Lipinski definition) is 1. The molecule has 0 unspecified atom stereocenters. The Balaban J connectivity index is 0.899. The van der Waals surface area contributed by atoms with Crippen LogP contribution < -0.4 is 4.90 Å². The molecule has 0 bridgehead atoms. The van der Waals surface area contributed by atoms with E-state index in [0.29, 0.717) is 0 Å². The molecule has 0 spiro atoms. The van der Waals surface area contributed by atoms with Gasteiger partial charge in [0.1, 0.15) is 11.6 Å². The predicted molar refractivity (Wildman–Crippen MR) is 346 cm³/mol. The summed E-state index contributed by atoms with van der Waals surface area (Å²) in [7, 11) is 0. The van der Waals surface area contributed by atoms with Crippen molar-refractivity contribution in [2.45, 2.75) is 117 Å². The lowest BCUT2D eigenvalue weighted by atomic mass is 10.0. The summed E-state index contributed by atoms with van der Waals surface area (Å²) in [6, 6.07) is 65.2. The second-order valence-corrected chi connectivity index (χ2v) is 23.9. The van der Waals surface area contributed by atoms with Crippen LogP contribution in [0.25, 0.3) is 103 Å². The highest BCUT2D eigenvalue weighted by molar-refractivity contribution is 7.29. The number of fused-ring (bicyclic) bond motifs is 9. The van der Waals surface area contributed by atoms with Crippen molar-refractivity contribution < 1.29 is 9.90 Å². The van der Waals surface area contributed by atoms with Gasteiger partial charge in [0.2, 0.25) is 0 Å². The van der Waals surface area contributed by atoms with Crippen LogP contribution in [0.1, 0.15) is 103 Å². The molecule has 81 heavy (non-hydrogen) atoms. The van der Waals surface area contributed by atoms with Crippen molar-refractivity contribution in [3.05, 3.63) is 180 Å². The van der Waals surface area contributed by atoms with Gasteiger partial charge in [0, 0.05) is 90.1 Å². The summed E-state index contributed by atoms with van der Waals surface area (Å²) in [5, 5.41) is 24.4. The summed E-state index contributed by atoms with van der Waals surface area (Å²) in [5.74, 6) is -1.21. The molecule has 0 atom stereocenters. The zero-order valence-electron chi connectivity index (χ0n) is 46.8. The average Bonchev–Trinajstić information content (AvgIpc) is 4.28. The van der Waals surface area contributed by atoms with E-state index in [1.807, 2.05) is 6.07 Å². The summed E-state index contributed by atoms with van der Waals surface area (Å²) < 4.78 is 9.78. The molecule has 406 valence electrons. The smallest absolute Gasteiger partial charge is 0.346 e. The van der Waals surface area contributed by atoms with Gasteiger partial charge in [-0.05, 0) is 138 Å². The molecule has 12 rings (SSSR count). The average molecular weight is 1100 g/mol. The first-order valence-electron chi connectivity index (χ1n) is 29.4. The van der Waals surface area contributed by atoms with Gasteiger partial charge in [0.05, 0.1) is 20.4 Å². The molecule has 0 fully saturated rings. The molecule has 0 aliphatic heterocycles. The summed E-state index contributed by atoms with van der Waals surface area (Å²) in [6.45, 7) is 9.72. The van der Waals surface area contributed by atoms with Crippen LogP contribution in [-0.2, 0) is 24.4 Å². The minimum atomic E-state index is -1.21. The minimum Gasteiger partial charge on any atom is -0.477 e. The number of nitriles is 1. The van der Waals surface area contributed by atoms with E-state index in [-0.39, 0.29) is 5.57 Å². The number of rotatable bonds is 23. The number of carboxylic acids is 1. The number of unbranched alkanes of at least 4 members (excludes halogenated alkanes) is 9. The third-order valence-corrected chi connectivity index (χ3v) is 18.9. The molecule has 5 aromatic heterocycles. The fourth-order valence-corrected chi connectivity index (χ4v) is 14.7. The minimum absolute atomic E-state index is 0.256. The molecule has 0 saturated heterocycles. The van der Waals surface area contributed by atoms with Crippen molar-refractivity contribution in [2.75, 3.05) is 4.90 Å². The van der Waals surface area contributed by atoms with E-state index >= 15 is 0 Å². The molecular formula is C72H69N5O2S2. The number of aliphatic carboxylic acids is 1. The second-order valence-electron chi connectivity index (χ2n) is 21.8. The second kappa shape index (κ2) is 23.9. The largest absolute Gasteiger partial charge is 0.477 e. The Labute approximate surface area is 483 Å². The SMILES string of the molecule is CCCCCCn1c2ccccc2c2cc(-c3ccc(N(c4ccc(-c5ccc6c(c5)c5ccccc5n6CCCCCC)cc4)c4ccc(-c5cc6c(s5)c5sc(/C=C(/C#N)C(=O)O)cc5n6CCCCCC)cc4)cc3)ccc21. The van der Waals surface area contributed by atoms with Crippen LogP contribution in [0.2, 0.25) is 0 Å². The highest BCUT2D eigenvalue weighted by Crippen LogP contribution is 2.46. The van der Waals surface area contributed by atoms with E-state index in [4.69, 9.17) is 0 Å². The first kappa shape index (κ1) is 53.5. The molecule has 5 heterocycles. The molecule has 0 aliphatic carbocycles. The van der Waals surface area contributed by atoms with Gasteiger partial charge in [-0.2, -0.15) is 5.26 Å². The number of carbonyl (C=O) groups is 1. The summed E-state index contributed by atoms with van der Waals surface area (Å²) in [5.41, 5.74) is 16.4. The van der Waals surface area contributed by atoms with Crippen LogP contribution in [0, 0.1) is 11.3 Å². The highest BCUT2D eigenvalue weighted by atomic mass is 32.1. The number of carboxylic acid groups (broad SMARTS) is 1. The summed E-state index contributed by atoms with van der Waals surface area (Å²) >= 11 is 3.34. The van der Waals surface area contributed by atoms with E-state index in [1.165, 1.54) is 145 Å². The summed E-state index contributed by atoms with van der Waals surface area (Å²) in [4.78, 5) is 16.1. The van der Waals surface area contributed by atoms with Gasteiger partial charge in [-0.25, -0.2) is 4.79 Å². The molecule has 0 radical (unpaired) electrons. The van der Waals surface area contributed by atoms with Crippen LogP contribution in [-0.4, -0.2) is 24.8 Å². The molecule has 7 nitrogen and oxygen atoms in total. The van der Waals surface area contributed by atoms with Gasteiger partial charge in [0.15, 0.2) is 0 Å². The van der Waals surface area contributed by atoms with Crippen LogP contribution in [0.15, 0.2) is 175 Å². The van der Waals surface area contributed by atoms with Crippen LogP contribution in [0.4, 0.5) is 17.1 Å². The maximum Gasteiger partial charge on any atom is 0.346 e. The third kappa shape index (κ3) is 10.6. The van der Waals surface area contributed by atoms with Crippen LogP contribution >= 0.6 is 22.7 Å². The van der Waals surface area contributed by atoms with Gasteiger partial charge in [-0.3, -0.25) is 0 Å². The van der Waals surface area contributed by atoms with Crippen molar-refractivity contribution in [3.8, 4) is 38.8 Å². The number of aromatic nitrogens is 3. The number of para-hydroxylation sites is 2. The number of thiophene rings is 2. The van der Waals surface area contributed by atoms with Gasteiger partial charge < -0.3 is 23.7 Å². The normalized spacial score (nSPS) is 12.0. The topological polar surface area (TPSA) is 79.1 Å². The molecule has 9 heteroatoms. The van der Waals surface area contributed by atoms with E-state index in [9.17, 15) is 15.2 Å². The zero-order chi connectivity index (χ0) is 55.4. The quantitative estimate of drug-likeness (QED) is 0.0393. The van der Waals surface area contributed by atoms with Crippen molar-refractivity contribution in [3.63, 3.8) is 0 Å². The maximum atomic E-state index is 11.8. The monoisotopic (exact) mass is 1100 g/mol. The lowest BCUT2D eigenvalue weighted by molar-refractivity contribution is -0.132. The molecule has 7 aromatic carbocycles. The van der Waals surface area contributed by atoms with Gasteiger partial charge in [-0.1, -0.05) is 163 Å². The molecule has 1 N–H and O–H groups in total. The van der Waals surface area contributed by atoms with Crippen molar-refractivity contribution in [2.24, 2.45) is 0 Å².